The molecule has 4 rings (SSSR count). The van der Waals surface area contributed by atoms with Crippen LogP contribution in [0.25, 0.3) is 0 Å². The number of hydrogen-bond acceptors (Lipinski definition) is 3. The van der Waals surface area contributed by atoms with Gasteiger partial charge in [-0.05, 0) is 37.8 Å². The van der Waals surface area contributed by atoms with Crippen LogP contribution in [-0.2, 0) is 10.2 Å². The van der Waals surface area contributed by atoms with Crippen LogP contribution in [0.15, 0.2) is 41.3 Å². The average molecular weight is 341 g/mol. The predicted octanol–water partition coefficient (Wildman–Crippen LogP) is 2.35. The molecule has 1 aliphatic carbocycles. The summed E-state index contributed by atoms with van der Waals surface area (Å²) in [6.07, 6.45) is 4.67. The Labute approximate surface area is 144 Å². The van der Waals surface area contributed by atoms with E-state index in [1.165, 1.54) is 12.3 Å². The summed E-state index contributed by atoms with van der Waals surface area (Å²) in [5, 5.41) is 0. The molecule has 130 valence electrons. The van der Waals surface area contributed by atoms with Crippen LogP contribution in [0.5, 0.6) is 0 Å². The van der Waals surface area contributed by atoms with Gasteiger partial charge in [-0.25, -0.2) is 14.2 Å². The maximum atomic E-state index is 14.2. The Morgan fingerprint density at radius 1 is 1.28 bits per heavy atom. The third kappa shape index (κ3) is 2.86. The second-order valence-corrected chi connectivity index (χ2v) is 6.98. The second-order valence-electron chi connectivity index (χ2n) is 6.98. The monoisotopic (exact) mass is 341 g/mol. The zero-order chi connectivity index (χ0) is 17.4. The summed E-state index contributed by atoms with van der Waals surface area (Å²) in [7, 11) is 0. The van der Waals surface area contributed by atoms with E-state index in [0.717, 1.165) is 18.5 Å². The van der Waals surface area contributed by atoms with Crippen LogP contribution in [0.4, 0.5) is 4.39 Å². The van der Waals surface area contributed by atoms with Crippen LogP contribution in [0, 0.1) is 5.82 Å². The second kappa shape index (κ2) is 6.10. The molecule has 0 radical (unpaired) electrons. The molecule has 1 saturated heterocycles. The van der Waals surface area contributed by atoms with Gasteiger partial charge in [-0.15, -0.1) is 0 Å². The fourth-order valence-corrected chi connectivity index (χ4v) is 3.91. The Hall–Kier alpha value is -2.50. The Bertz CT molecular complexity index is 859. The number of nitrogens with zero attached hydrogens (tertiary/aromatic N) is 2. The number of nitrogens with one attached hydrogen (secondary N) is 1. The van der Waals surface area contributed by atoms with Gasteiger partial charge < -0.3 is 9.88 Å². The molecule has 1 atom stereocenters. The molecule has 1 saturated carbocycles. The van der Waals surface area contributed by atoms with E-state index in [2.05, 4.69) is 9.97 Å². The summed E-state index contributed by atoms with van der Waals surface area (Å²) < 4.78 is 14.2. The molecule has 0 spiro atoms. The van der Waals surface area contributed by atoms with Crippen molar-refractivity contribution in [2.24, 2.45) is 0 Å². The van der Waals surface area contributed by atoms with E-state index < -0.39 is 5.41 Å². The molecule has 2 aliphatic rings. The van der Waals surface area contributed by atoms with Crippen molar-refractivity contribution in [2.75, 3.05) is 13.1 Å². The SMILES string of the molecule is O=C(N1CCC[C@@H](c2ccnc(=O)[nH]2)C1)C1(c2ccccc2F)CC1. The molecule has 1 aromatic carbocycles. The van der Waals surface area contributed by atoms with Crippen molar-refractivity contribution in [3.63, 3.8) is 0 Å². The minimum Gasteiger partial charge on any atom is -0.341 e. The number of piperidine rings is 1. The molecular weight excluding hydrogens is 321 g/mol. The van der Waals surface area contributed by atoms with Crippen LogP contribution in [-0.4, -0.2) is 33.9 Å². The highest BCUT2D eigenvalue weighted by Gasteiger charge is 2.54. The van der Waals surface area contributed by atoms with Gasteiger partial charge >= 0.3 is 5.69 Å². The molecule has 6 heteroatoms. The first-order valence-corrected chi connectivity index (χ1v) is 8.70. The molecule has 1 aromatic heterocycles. The zero-order valence-electron chi connectivity index (χ0n) is 13.9. The van der Waals surface area contributed by atoms with E-state index in [-0.39, 0.29) is 23.3 Å². The smallest absolute Gasteiger partial charge is 0.341 e. The lowest BCUT2D eigenvalue weighted by Crippen LogP contribution is -2.45. The maximum Gasteiger partial charge on any atom is 0.345 e. The number of rotatable bonds is 3. The van der Waals surface area contributed by atoms with Gasteiger partial charge in [0.15, 0.2) is 0 Å². The highest BCUT2D eigenvalue weighted by Crippen LogP contribution is 2.51. The number of benzene rings is 1. The lowest BCUT2D eigenvalue weighted by molar-refractivity contribution is -0.135. The highest BCUT2D eigenvalue weighted by atomic mass is 19.1. The van der Waals surface area contributed by atoms with E-state index in [1.54, 1.807) is 24.3 Å². The molecule has 2 aromatic rings. The zero-order valence-corrected chi connectivity index (χ0v) is 13.9. The minimum atomic E-state index is -0.696. The predicted molar refractivity (Wildman–Crippen MR) is 90.7 cm³/mol. The summed E-state index contributed by atoms with van der Waals surface area (Å²) in [6.45, 7) is 1.23. The normalized spacial score (nSPS) is 21.8. The quantitative estimate of drug-likeness (QED) is 0.932. The Morgan fingerprint density at radius 2 is 2.08 bits per heavy atom. The fraction of sp³-hybridized carbons (Fsp3) is 0.421. The van der Waals surface area contributed by atoms with Gasteiger partial charge in [-0.2, -0.15) is 0 Å². The van der Waals surface area contributed by atoms with Gasteiger partial charge in [-0.1, -0.05) is 18.2 Å². The van der Waals surface area contributed by atoms with Crippen LogP contribution >= 0.6 is 0 Å². The largest absolute Gasteiger partial charge is 0.345 e. The topological polar surface area (TPSA) is 66.1 Å². The molecule has 1 N–H and O–H groups in total. The standard InChI is InChI=1S/C19H20FN3O2/c20-15-6-2-1-5-14(15)19(8-9-19)17(24)23-11-3-4-13(12-23)16-7-10-21-18(25)22-16/h1-2,5-7,10,13H,3-4,8-9,11-12H2,(H,21,22,25)/t13-/m1/s1. The van der Waals surface area contributed by atoms with Crippen molar-refractivity contribution in [1.82, 2.24) is 14.9 Å². The summed E-state index contributed by atoms with van der Waals surface area (Å²) in [5.41, 5.74) is 0.262. The number of amides is 1. The lowest BCUT2D eigenvalue weighted by atomic mass is 9.90. The molecule has 2 heterocycles. The molecule has 0 bridgehead atoms. The van der Waals surface area contributed by atoms with E-state index in [4.69, 9.17) is 0 Å². The van der Waals surface area contributed by atoms with Crippen molar-refractivity contribution in [1.29, 1.82) is 0 Å². The van der Waals surface area contributed by atoms with Crippen molar-refractivity contribution in [3.05, 3.63) is 64.1 Å². The maximum absolute atomic E-state index is 14.2. The van der Waals surface area contributed by atoms with Gasteiger partial charge in [0.05, 0.1) is 5.41 Å². The van der Waals surface area contributed by atoms with Crippen LogP contribution in [0.3, 0.4) is 0 Å². The number of hydrogen-bond donors (Lipinski definition) is 1. The number of carbonyl (C=O) groups is 1. The Morgan fingerprint density at radius 3 is 2.80 bits per heavy atom. The minimum absolute atomic E-state index is 0.0127. The number of halogens is 1. The first kappa shape index (κ1) is 16.0. The number of carbonyl (C=O) groups excluding carboxylic acids is 1. The Kier molecular flexibility index (Phi) is 3.90. The van der Waals surface area contributed by atoms with Gasteiger partial charge in [-0.3, -0.25) is 4.79 Å². The molecule has 2 fully saturated rings. The number of aromatic nitrogens is 2. The summed E-state index contributed by atoms with van der Waals surface area (Å²) in [6, 6.07) is 8.37. The molecular formula is C19H20FN3O2. The first-order valence-electron chi connectivity index (χ1n) is 8.70. The lowest BCUT2D eigenvalue weighted by Gasteiger charge is -2.35. The fourth-order valence-electron chi connectivity index (χ4n) is 3.91. The molecule has 1 aliphatic heterocycles. The molecule has 5 nitrogen and oxygen atoms in total. The van der Waals surface area contributed by atoms with Crippen LogP contribution in [0.1, 0.15) is 42.9 Å². The van der Waals surface area contributed by atoms with Gasteiger partial charge in [0.2, 0.25) is 5.91 Å². The number of likely N-dealkylation sites (tertiary alicyclic amines) is 1. The van der Waals surface area contributed by atoms with Crippen molar-refractivity contribution >= 4 is 5.91 Å². The summed E-state index contributed by atoms with van der Waals surface area (Å²) >= 11 is 0. The molecule has 25 heavy (non-hydrogen) atoms. The van der Waals surface area contributed by atoms with Gasteiger partial charge in [0.25, 0.3) is 0 Å². The van der Waals surface area contributed by atoms with Crippen molar-refractivity contribution in [3.8, 4) is 0 Å². The third-order valence-electron chi connectivity index (χ3n) is 5.39. The van der Waals surface area contributed by atoms with Crippen LogP contribution < -0.4 is 5.69 Å². The molecule has 1 amide bonds. The average Bonchev–Trinajstić information content (AvgIpc) is 3.43. The summed E-state index contributed by atoms with van der Waals surface area (Å²) in [4.78, 5) is 32.9. The molecule has 0 unspecified atom stereocenters. The van der Waals surface area contributed by atoms with E-state index in [1.807, 2.05) is 4.90 Å². The van der Waals surface area contributed by atoms with E-state index in [0.29, 0.717) is 31.5 Å². The van der Waals surface area contributed by atoms with Gasteiger partial charge in [0, 0.05) is 36.5 Å². The van der Waals surface area contributed by atoms with Crippen molar-refractivity contribution < 1.29 is 9.18 Å². The van der Waals surface area contributed by atoms with E-state index in [9.17, 15) is 14.0 Å². The van der Waals surface area contributed by atoms with Gasteiger partial charge in [0.1, 0.15) is 5.82 Å². The number of aromatic amines is 1. The Balaban J connectivity index is 1.56. The van der Waals surface area contributed by atoms with E-state index >= 15 is 0 Å². The van der Waals surface area contributed by atoms with Crippen molar-refractivity contribution in [2.45, 2.75) is 37.0 Å². The number of H-pyrrole nitrogens is 1. The summed E-state index contributed by atoms with van der Waals surface area (Å²) in [5.74, 6) is -0.205. The first-order chi connectivity index (χ1) is 12.1. The highest BCUT2D eigenvalue weighted by molar-refractivity contribution is 5.91. The third-order valence-corrected chi connectivity index (χ3v) is 5.39. The van der Waals surface area contributed by atoms with Crippen LogP contribution in [0.2, 0.25) is 0 Å².